The number of hydrogen-bond acceptors (Lipinski definition) is 2. The van der Waals surface area contributed by atoms with Crippen LogP contribution in [-0.4, -0.2) is 35.9 Å². The first-order chi connectivity index (χ1) is 7.60. The Bertz CT molecular complexity index is 220. The van der Waals surface area contributed by atoms with E-state index in [0.29, 0.717) is 0 Å². The van der Waals surface area contributed by atoms with Gasteiger partial charge in [0.05, 0.1) is 0 Å². The van der Waals surface area contributed by atoms with E-state index in [0.717, 1.165) is 11.8 Å². The van der Waals surface area contributed by atoms with E-state index in [-0.39, 0.29) is 0 Å². The molecule has 2 aliphatic heterocycles. The zero-order chi connectivity index (χ0) is 11.6. The van der Waals surface area contributed by atoms with Crippen molar-refractivity contribution in [3.05, 3.63) is 0 Å². The molecule has 0 spiro atoms. The van der Waals surface area contributed by atoms with Crippen molar-refractivity contribution in [2.75, 3.05) is 31.6 Å². The second kappa shape index (κ2) is 5.59. The molecule has 0 amide bonds. The van der Waals surface area contributed by atoms with Gasteiger partial charge in [-0.15, -0.1) is 0 Å². The average Bonchev–Trinajstić information content (AvgIpc) is 2.16. The molecule has 2 fully saturated rings. The fraction of sp³-hybridized carbons (Fsp3) is 1.00. The molecule has 0 saturated carbocycles. The van der Waals surface area contributed by atoms with Crippen LogP contribution in [0.5, 0.6) is 0 Å². The summed E-state index contributed by atoms with van der Waals surface area (Å²) in [5, 5.41) is 0. The number of nitrogens with zero attached hydrogens (tertiary/aromatic N) is 1. The van der Waals surface area contributed by atoms with Crippen LogP contribution in [0.1, 0.15) is 40.0 Å². The Hall–Kier alpha value is 0.740. The van der Waals surface area contributed by atoms with Gasteiger partial charge >= 0.3 is 106 Å². The predicted octanol–water partition coefficient (Wildman–Crippen LogP) is 4.09. The minimum absolute atomic E-state index is 0.913. The van der Waals surface area contributed by atoms with Gasteiger partial charge in [-0.2, -0.15) is 0 Å². The van der Waals surface area contributed by atoms with Crippen LogP contribution < -0.4 is 0 Å². The molecule has 0 bridgehead atoms. The average molecular weight is 261 g/mol. The molecule has 96 valence electrons. The van der Waals surface area contributed by atoms with Gasteiger partial charge in [0.1, 0.15) is 0 Å². The van der Waals surface area contributed by atoms with Crippen LogP contribution >= 0.6 is 18.0 Å². The maximum atomic E-state index is 2.73. The Balaban J connectivity index is 1.87. The van der Waals surface area contributed by atoms with E-state index in [1.54, 1.807) is 18.5 Å². The molecule has 1 nitrogen and oxygen atoms in total. The third kappa shape index (κ3) is 3.37. The van der Waals surface area contributed by atoms with Gasteiger partial charge < -0.3 is 0 Å². The van der Waals surface area contributed by atoms with Crippen molar-refractivity contribution in [3.63, 3.8) is 0 Å². The van der Waals surface area contributed by atoms with Gasteiger partial charge in [0.2, 0.25) is 0 Å². The number of hydrogen-bond donors (Lipinski definition) is 0. The van der Waals surface area contributed by atoms with Crippen molar-refractivity contribution in [2.24, 2.45) is 11.8 Å². The van der Waals surface area contributed by atoms with E-state index in [4.69, 9.17) is 0 Å². The summed E-state index contributed by atoms with van der Waals surface area (Å²) < 4.78 is 2.73. The predicted molar refractivity (Wildman–Crippen MR) is 79.9 cm³/mol. The minimum atomic E-state index is -0.914. The second-order valence-corrected chi connectivity index (χ2v) is 13.8. The van der Waals surface area contributed by atoms with E-state index in [2.05, 4.69) is 36.6 Å². The van der Waals surface area contributed by atoms with Crippen molar-refractivity contribution in [2.45, 2.75) is 40.0 Å². The second-order valence-electron chi connectivity index (χ2n) is 6.38. The van der Waals surface area contributed by atoms with E-state index < -0.39 is 6.46 Å². The first-order valence-corrected chi connectivity index (χ1v) is 11.2. The van der Waals surface area contributed by atoms with Crippen molar-refractivity contribution in [3.8, 4) is 0 Å². The molecule has 2 rings (SSSR count). The summed E-state index contributed by atoms with van der Waals surface area (Å²) in [5.74, 6) is 1.94. The van der Waals surface area contributed by atoms with Crippen LogP contribution in [0.25, 0.3) is 0 Å². The zero-order valence-electron chi connectivity index (χ0n) is 11.2. The molecule has 0 aliphatic carbocycles. The van der Waals surface area contributed by atoms with E-state index >= 15 is 0 Å². The molecule has 0 atom stereocenters. The molecule has 0 radical (unpaired) electrons. The Morgan fingerprint density at radius 3 is 2.31 bits per heavy atom. The quantitative estimate of drug-likeness (QED) is 0.554. The Morgan fingerprint density at radius 2 is 1.81 bits per heavy atom. The molecule has 2 saturated heterocycles. The van der Waals surface area contributed by atoms with Crippen molar-refractivity contribution in [1.29, 1.82) is 0 Å². The Morgan fingerprint density at radius 1 is 1.19 bits per heavy atom. The normalized spacial score (nSPS) is 32.4. The van der Waals surface area contributed by atoms with Crippen LogP contribution in [0.3, 0.4) is 0 Å². The Labute approximate surface area is 106 Å². The number of rotatable bonds is 4. The van der Waals surface area contributed by atoms with Crippen LogP contribution in [0.4, 0.5) is 0 Å². The summed E-state index contributed by atoms with van der Waals surface area (Å²) >= 11 is 2.36. The molecule has 0 aromatic carbocycles. The maximum absolute atomic E-state index is 2.73. The molecular formula is C13H28NPS. The van der Waals surface area contributed by atoms with E-state index in [9.17, 15) is 0 Å². The van der Waals surface area contributed by atoms with Crippen molar-refractivity contribution in [1.82, 2.24) is 4.31 Å². The monoisotopic (exact) mass is 261 g/mol. The van der Waals surface area contributed by atoms with Gasteiger partial charge in [-0.05, 0) is 0 Å². The van der Waals surface area contributed by atoms with Gasteiger partial charge in [-0.1, -0.05) is 0 Å². The summed E-state index contributed by atoms with van der Waals surface area (Å²) in [6.45, 7) is 9.09. The number of piperidine rings is 1. The van der Waals surface area contributed by atoms with Crippen molar-refractivity contribution >= 4 is 18.0 Å². The van der Waals surface area contributed by atoms with Gasteiger partial charge in [0.15, 0.2) is 0 Å². The molecule has 0 N–H and O–H groups in total. The van der Waals surface area contributed by atoms with Crippen LogP contribution in [0.15, 0.2) is 0 Å². The van der Waals surface area contributed by atoms with E-state index in [1.807, 2.05) is 0 Å². The SMILES string of the molecule is CC(C)C[PH]1(SN2CCCCC2)CC(C)C1. The summed E-state index contributed by atoms with van der Waals surface area (Å²) in [7, 11) is 0. The van der Waals surface area contributed by atoms with Crippen LogP contribution in [-0.2, 0) is 0 Å². The topological polar surface area (TPSA) is 3.24 Å². The summed E-state index contributed by atoms with van der Waals surface area (Å²) in [6, 6.07) is 0. The molecule has 0 unspecified atom stereocenters. The molecule has 2 aliphatic rings. The molecule has 0 aromatic rings. The summed E-state index contributed by atoms with van der Waals surface area (Å²) in [6.07, 6.45) is 9.08. The fourth-order valence-electron chi connectivity index (χ4n) is 3.46. The Kier molecular flexibility index (Phi) is 4.60. The van der Waals surface area contributed by atoms with Gasteiger partial charge in [-0.25, -0.2) is 0 Å². The molecule has 16 heavy (non-hydrogen) atoms. The van der Waals surface area contributed by atoms with Gasteiger partial charge in [0, 0.05) is 0 Å². The zero-order valence-corrected chi connectivity index (χ0v) is 13.0. The third-order valence-corrected chi connectivity index (χ3v) is 12.7. The fourth-order valence-corrected chi connectivity index (χ4v) is 14.5. The first-order valence-electron chi connectivity index (χ1n) is 7.04. The van der Waals surface area contributed by atoms with Crippen LogP contribution in [0.2, 0.25) is 0 Å². The van der Waals surface area contributed by atoms with Crippen LogP contribution in [0, 0.1) is 11.8 Å². The third-order valence-electron chi connectivity index (χ3n) is 3.86. The van der Waals surface area contributed by atoms with Crippen molar-refractivity contribution < 1.29 is 0 Å². The summed E-state index contributed by atoms with van der Waals surface area (Å²) in [4.78, 5) is 0. The van der Waals surface area contributed by atoms with Gasteiger partial charge in [-0.3, -0.25) is 0 Å². The standard InChI is InChI=1S/C13H28NPS/c1-12(2)9-15(10-13(3)11-15)16-14-7-5-4-6-8-14/h12-13,15H,4-11H2,1-3H3. The van der Waals surface area contributed by atoms with E-state index in [1.165, 1.54) is 32.4 Å². The first kappa shape index (κ1) is 13.2. The molecule has 0 aromatic heterocycles. The van der Waals surface area contributed by atoms with Gasteiger partial charge in [0.25, 0.3) is 0 Å². The molecule has 3 heteroatoms. The molecule has 2 heterocycles. The summed E-state index contributed by atoms with van der Waals surface area (Å²) in [5.41, 5.74) is 0. The molecular weight excluding hydrogens is 233 g/mol.